The first-order valence-corrected chi connectivity index (χ1v) is 5.86. The number of hydrogen-bond acceptors (Lipinski definition) is 7. The Morgan fingerprint density at radius 2 is 2.33 bits per heavy atom. The molecule has 4 atom stereocenters. The molecule has 1 saturated heterocycles. The second kappa shape index (κ2) is 5.68. The second-order valence-electron chi connectivity index (χ2n) is 4.43. The molecular weight excluding hydrogens is 286 g/mol. The number of aromatic amines is 1. The highest BCUT2D eigenvalue weighted by atomic mass is 16.6. The van der Waals surface area contributed by atoms with E-state index >= 15 is 0 Å². The predicted octanol–water partition coefficient (Wildman–Crippen LogP) is -1.56. The van der Waals surface area contributed by atoms with Crippen molar-refractivity contribution in [2.24, 2.45) is 5.11 Å². The fourth-order valence-corrected chi connectivity index (χ4v) is 2.13. The van der Waals surface area contributed by atoms with E-state index in [1.165, 1.54) is 7.11 Å². The minimum absolute atomic E-state index is 0.329. The first kappa shape index (κ1) is 15.2. The van der Waals surface area contributed by atoms with Crippen LogP contribution >= 0.6 is 0 Å². The van der Waals surface area contributed by atoms with Crippen molar-refractivity contribution in [2.75, 3.05) is 13.7 Å². The van der Waals surface area contributed by atoms with E-state index < -0.39 is 35.4 Å². The highest BCUT2D eigenvalue weighted by Crippen LogP contribution is 2.37. The maximum absolute atomic E-state index is 11.7. The molecule has 114 valence electrons. The molecule has 0 saturated carbocycles. The van der Waals surface area contributed by atoms with Crippen LogP contribution in [0.3, 0.4) is 0 Å². The SMILES string of the molecule is COC[C@@]1(N=[N+]=[N-])O[C@@H](n2ccc(=O)[nH]c2=O)[C@@H](O)C1O. The Balaban J connectivity index is 2.46. The second-order valence-corrected chi connectivity index (χ2v) is 4.43. The summed E-state index contributed by atoms with van der Waals surface area (Å²) in [5.41, 5.74) is 5.25. The lowest BCUT2D eigenvalue weighted by Gasteiger charge is -2.25. The molecule has 1 aliphatic heterocycles. The van der Waals surface area contributed by atoms with Gasteiger partial charge in [-0.3, -0.25) is 14.3 Å². The van der Waals surface area contributed by atoms with Crippen LogP contribution in [-0.4, -0.2) is 51.4 Å². The number of ether oxygens (including phenoxy) is 2. The average Bonchev–Trinajstić information content (AvgIpc) is 2.66. The number of azide groups is 1. The van der Waals surface area contributed by atoms with Gasteiger partial charge < -0.3 is 19.7 Å². The van der Waals surface area contributed by atoms with Crippen molar-refractivity contribution in [1.29, 1.82) is 0 Å². The number of nitrogens with zero attached hydrogens (tertiary/aromatic N) is 4. The summed E-state index contributed by atoms with van der Waals surface area (Å²) < 4.78 is 11.1. The minimum Gasteiger partial charge on any atom is -0.387 e. The molecule has 1 aliphatic rings. The van der Waals surface area contributed by atoms with Crippen molar-refractivity contribution in [3.8, 4) is 0 Å². The summed E-state index contributed by atoms with van der Waals surface area (Å²) >= 11 is 0. The normalized spacial score (nSPS) is 31.9. The average molecular weight is 299 g/mol. The molecule has 3 N–H and O–H groups in total. The van der Waals surface area contributed by atoms with Crippen molar-refractivity contribution in [1.82, 2.24) is 9.55 Å². The minimum atomic E-state index is -1.87. The van der Waals surface area contributed by atoms with Crippen LogP contribution in [0.4, 0.5) is 0 Å². The molecule has 21 heavy (non-hydrogen) atoms. The summed E-state index contributed by atoms with van der Waals surface area (Å²) in [5.74, 6) is 0. The summed E-state index contributed by atoms with van der Waals surface area (Å²) in [6.45, 7) is -0.329. The summed E-state index contributed by atoms with van der Waals surface area (Å²) in [6.07, 6.45) is -3.42. The van der Waals surface area contributed by atoms with Gasteiger partial charge in [0.2, 0.25) is 5.72 Å². The number of aromatic nitrogens is 2. The fourth-order valence-electron chi connectivity index (χ4n) is 2.13. The molecule has 0 aromatic carbocycles. The zero-order chi connectivity index (χ0) is 15.6. The first-order valence-electron chi connectivity index (χ1n) is 5.86. The van der Waals surface area contributed by atoms with Gasteiger partial charge in [-0.25, -0.2) is 4.79 Å². The van der Waals surface area contributed by atoms with Crippen molar-refractivity contribution in [3.63, 3.8) is 0 Å². The number of methoxy groups -OCH3 is 1. The third-order valence-electron chi connectivity index (χ3n) is 3.09. The topological polar surface area (TPSA) is 163 Å². The van der Waals surface area contributed by atoms with Crippen LogP contribution in [0, 0.1) is 0 Å². The van der Waals surface area contributed by atoms with Gasteiger partial charge in [-0.1, -0.05) is 5.11 Å². The third kappa shape index (κ3) is 2.55. The Labute approximate surface area is 117 Å². The van der Waals surface area contributed by atoms with Crippen LogP contribution in [0.25, 0.3) is 10.4 Å². The molecule has 2 rings (SSSR count). The van der Waals surface area contributed by atoms with Crippen molar-refractivity contribution >= 4 is 0 Å². The lowest BCUT2D eigenvalue weighted by Crippen LogP contribution is -2.44. The fraction of sp³-hybridized carbons (Fsp3) is 0.600. The van der Waals surface area contributed by atoms with Crippen LogP contribution in [0.2, 0.25) is 0 Å². The Morgan fingerprint density at radius 1 is 1.62 bits per heavy atom. The van der Waals surface area contributed by atoms with Gasteiger partial charge in [0.25, 0.3) is 5.56 Å². The predicted molar refractivity (Wildman–Crippen MR) is 67.2 cm³/mol. The number of aliphatic hydroxyl groups is 2. The van der Waals surface area contributed by atoms with Gasteiger partial charge in [0.05, 0.1) is 6.61 Å². The van der Waals surface area contributed by atoms with Gasteiger partial charge in [-0.15, -0.1) is 0 Å². The van der Waals surface area contributed by atoms with Crippen LogP contribution < -0.4 is 11.2 Å². The van der Waals surface area contributed by atoms with Gasteiger partial charge in [0.15, 0.2) is 6.23 Å². The zero-order valence-corrected chi connectivity index (χ0v) is 10.9. The van der Waals surface area contributed by atoms with Crippen LogP contribution in [-0.2, 0) is 9.47 Å². The molecule has 1 aromatic rings. The molecule has 1 unspecified atom stereocenters. The van der Waals surface area contributed by atoms with E-state index in [4.69, 9.17) is 15.0 Å². The number of rotatable bonds is 4. The molecule has 0 spiro atoms. The highest BCUT2D eigenvalue weighted by molar-refractivity contribution is 5.01. The standard InChI is InChI=1S/C10H13N5O6/c1-20-4-10(13-14-11)7(18)6(17)8(21-10)15-3-2-5(16)12-9(15)19/h2-3,6-8,17-18H,4H2,1H3,(H,12,16,19)/t6-,7?,8+,10+/m0/s1. The summed E-state index contributed by atoms with van der Waals surface area (Å²) in [7, 11) is 1.29. The molecule has 1 aromatic heterocycles. The van der Waals surface area contributed by atoms with Crippen LogP contribution in [0.15, 0.2) is 27.0 Å². The maximum Gasteiger partial charge on any atom is 0.330 e. The van der Waals surface area contributed by atoms with E-state index in [0.29, 0.717) is 0 Å². The van der Waals surface area contributed by atoms with Gasteiger partial charge in [-0.05, 0) is 5.53 Å². The third-order valence-corrected chi connectivity index (χ3v) is 3.09. The first-order chi connectivity index (χ1) is 9.95. The molecule has 0 bridgehead atoms. The number of H-pyrrole nitrogens is 1. The largest absolute Gasteiger partial charge is 0.387 e. The Kier molecular flexibility index (Phi) is 4.11. The molecule has 0 amide bonds. The van der Waals surface area contributed by atoms with Crippen molar-refractivity contribution in [2.45, 2.75) is 24.2 Å². The van der Waals surface area contributed by atoms with Gasteiger partial charge in [-0.2, -0.15) is 0 Å². The van der Waals surface area contributed by atoms with E-state index in [9.17, 15) is 19.8 Å². The van der Waals surface area contributed by atoms with Crippen LogP contribution in [0.5, 0.6) is 0 Å². The van der Waals surface area contributed by atoms with E-state index in [-0.39, 0.29) is 6.61 Å². The highest BCUT2D eigenvalue weighted by Gasteiger charge is 2.55. The summed E-state index contributed by atoms with van der Waals surface area (Å²) in [5, 5.41) is 23.4. The summed E-state index contributed by atoms with van der Waals surface area (Å²) in [6, 6.07) is 1.05. The Hall–Kier alpha value is -2.17. The molecule has 11 heteroatoms. The molecule has 11 nitrogen and oxygen atoms in total. The van der Waals surface area contributed by atoms with E-state index in [1.807, 2.05) is 4.98 Å². The zero-order valence-electron chi connectivity index (χ0n) is 10.9. The lowest BCUT2D eigenvalue weighted by atomic mass is 10.1. The van der Waals surface area contributed by atoms with Gasteiger partial charge in [0, 0.05) is 24.3 Å². The van der Waals surface area contributed by atoms with E-state index in [2.05, 4.69) is 10.0 Å². The smallest absolute Gasteiger partial charge is 0.330 e. The maximum atomic E-state index is 11.7. The van der Waals surface area contributed by atoms with E-state index in [1.54, 1.807) is 0 Å². The molecule has 1 fully saturated rings. The molecule has 0 aliphatic carbocycles. The van der Waals surface area contributed by atoms with Crippen molar-refractivity contribution in [3.05, 3.63) is 43.5 Å². The number of nitrogens with one attached hydrogen (secondary N) is 1. The lowest BCUT2D eigenvalue weighted by molar-refractivity contribution is -0.131. The number of aliphatic hydroxyl groups excluding tert-OH is 2. The van der Waals surface area contributed by atoms with Gasteiger partial charge in [0.1, 0.15) is 12.2 Å². The van der Waals surface area contributed by atoms with Crippen molar-refractivity contribution < 1.29 is 19.7 Å². The monoisotopic (exact) mass is 299 g/mol. The Bertz CT molecular complexity index is 679. The Morgan fingerprint density at radius 3 is 2.90 bits per heavy atom. The molecule has 2 heterocycles. The van der Waals surface area contributed by atoms with Crippen LogP contribution in [0.1, 0.15) is 6.23 Å². The molecule has 0 radical (unpaired) electrons. The van der Waals surface area contributed by atoms with E-state index in [0.717, 1.165) is 16.8 Å². The number of hydrogen-bond donors (Lipinski definition) is 3. The molecular formula is C10H13N5O6. The summed E-state index contributed by atoms with van der Waals surface area (Å²) in [4.78, 5) is 27.3. The van der Waals surface area contributed by atoms with Gasteiger partial charge >= 0.3 is 5.69 Å². The quantitative estimate of drug-likeness (QED) is 0.346.